The maximum atomic E-state index is 2.42. The largest absolute Gasteiger partial charge is 0.0654 e. The molecule has 1 saturated carbocycles. The predicted octanol–water partition coefficient (Wildman–Crippen LogP) is 4.64. The lowest BCUT2D eigenvalue weighted by Crippen LogP contribution is -2.10. The van der Waals surface area contributed by atoms with Gasteiger partial charge in [0.1, 0.15) is 0 Å². The van der Waals surface area contributed by atoms with Gasteiger partial charge in [-0.15, -0.1) is 0 Å². The van der Waals surface area contributed by atoms with Gasteiger partial charge in [0.2, 0.25) is 0 Å². The van der Waals surface area contributed by atoms with Crippen molar-refractivity contribution < 1.29 is 0 Å². The van der Waals surface area contributed by atoms with Crippen LogP contribution in [0.25, 0.3) is 0 Å². The summed E-state index contributed by atoms with van der Waals surface area (Å²) in [6, 6.07) is 0. The number of rotatable bonds is 6. The van der Waals surface area contributed by atoms with Crippen LogP contribution in [-0.2, 0) is 0 Å². The maximum Gasteiger partial charge on any atom is -0.0354 e. The van der Waals surface area contributed by atoms with Crippen molar-refractivity contribution in [1.29, 1.82) is 0 Å². The van der Waals surface area contributed by atoms with E-state index in [1.807, 2.05) is 0 Å². The van der Waals surface area contributed by atoms with Gasteiger partial charge in [0.15, 0.2) is 0 Å². The summed E-state index contributed by atoms with van der Waals surface area (Å²) >= 11 is 0. The highest BCUT2D eigenvalue weighted by atomic mass is 14.4. The van der Waals surface area contributed by atoms with Gasteiger partial charge in [0.25, 0.3) is 0 Å². The molecule has 78 valence electrons. The van der Waals surface area contributed by atoms with E-state index in [0.717, 1.165) is 11.8 Å². The summed E-state index contributed by atoms with van der Waals surface area (Å²) < 4.78 is 0. The third-order valence-corrected chi connectivity index (χ3v) is 3.77. The molecule has 0 aliphatic heterocycles. The van der Waals surface area contributed by atoms with Gasteiger partial charge in [-0.05, 0) is 30.1 Å². The van der Waals surface area contributed by atoms with E-state index in [1.54, 1.807) is 0 Å². The van der Waals surface area contributed by atoms with Crippen molar-refractivity contribution >= 4 is 0 Å². The minimum Gasteiger partial charge on any atom is -0.0654 e. The molecule has 2 atom stereocenters. The molecule has 0 bridgehead atoms. The molecule has 0 amide bonds. The first-order valence-electron chi connectivity index (χ1n) is 6.09. The third-order valence-electron chi connectivity index (χ3n) is 3.77. The minimum absolute atomic E-state index is 0.603. The third kappa shape index (κ3) is 3.70. The van der Waals surface area contributed by atoms with Gasteiger partial charge < -0.3 is 0 Å². The number of hydrogen-bond acceptors (Lipinski definition) is 0. The maximum absolute atomic E-state index is 2.42. The van der Waals surface area contributed by atoms with Crippen LogP contribution in [0.4, 0.5) is 0 Å². The summed E-state index contributed by atoms with van der Waals surface area (Å²) in [6.45, 7) is 9.46. The second-order valence-electron chi connectivity index (χ2n) is 5.62. The fourth-order valence-corrected chi connectivity index (χ4v) is 2.23. The Bertz CT molecular complexity index is 146. The fourth-order valence-electron chi connectivity index (χ4n) is 2.23. The molecule has 1 rings (SSSR count). The van der Waals surface area contributed by atoms with Crippen LogP contribution in [0.5, 0.6) is 0 Å². The molecular weight excluding hydrogens is 156 g/mol. The van der Waals surface area contributed by atoms with E-state index in [2.05, 4.69) is 27.7 Å². The van der Waals surface area contributed by atoms with Gasteiger partial charge in [-0.3, -0.25) is 0 Å². The molecule has 1 aliphatic carbocycles. The molecule has 0 heteroatoms. The van der Waals surface area contributed by atoms with Crippen LogP contribution in [0.1, 0.15) is 66.2 Å². The monoisotopic (exact) mass is 182 g/mol. The molecule has 0 heterocycles. The van der Waals surface area contributed by atoms with Crippen molar-refractivity contribution in [3.8, 4) is 0 Å². The van der Waals surface area contributed by atoms with Crippen LogP contribution >= 0.6 is 0 Å². The summed E-state index contributed by atoms with van der Waals surface area (Å²) in [5.74, 6) is 2.19. The molecular formula is C13H26. The molecule has 2 unspecified atom stereocenters. The van der Waals surface area contributed by atoms with E-state index in [1.165, 1.54) is 38.5 Å². The van der Waals surface area contributed by atoms with Gasteiger partial charge in [0.05, 0.1) is 0 Å². The quantitative estimate of drug-likeness (QED) is 0.561. The molecule has 0 saturated heterocycles. The van der Waals surface area contributed by atoms with Crippen LogP contribution in [-0.4, -0.2) is 0 Å². The molecule has 1 aliphatic rings. The molecule has 0 radical (unpaired) electrons. The molecule has 0 nitrogen and oxygen atoms in total. The molecule has 13 heavy (non-hydrogen) atoms. The smallest absolute Gasteiger partial charge is 0.0354 e. The van der Waals surface area contributed by atoms with E-state index in [4.69, 9.17) is 0 Å². The van der Waals surface area contributed by atoms with Crippen molar-refractivity contribution in [3.05, 3.63) is 0 Å². The zero-order valence-corrected chi connectivity index (χ0v) is 9.90. The predicted molar refractivity (Wildman–Crippen MR) is 59.8 cm³/mol. The molecule has 0 spiro atoms. The van der Waals surface area contributed by atoms with Gasteiger partial charge in [-0.1, -0.05) is 53.4 Å². The van der Waals surface area contributed by atoms with Crippen LogP contribution in [0.15, 0.2) is 0 Å². The Balaban J connectivity index is 2.13. The van der Waals surface area contributed by atoms with Gasteiger partial charge in [-0.2, -0.15) is 0 Å². The Morgan fingerprint density at radius 2 is 1.85 bits per heavy atom. The second-order valence-corrected chi connectivity index (χ2v) is 5.62. The normalized spacial score (nSPS) is 27.7. The van der Waals surface area contributed by atoms with Crippen molar-refractivity contribution in [2.45, 2.75) is 66.2 Å². The van der Waals surface area contributed by atoms with Crippen LogP contribution in [0.2, 0.25) is 0 Å². The number of unbranched alkanes of at least 4 members (excludes halogenated alkanes) is 1. The summed E-state index contributed by atoms with van der Waals surface area (Å²) in [5, 5.41) is 0. The topological polar surface area (TPSA) is 0 Å². The summed E-state index contributed by atoms with van der Waals surface area (Å²) in [6.07, 6.45) is 8.67. The van der Waals surface area contributed by atoms with E-state index in [-0.39, 0.29) is 0 Å². The summed E-state index contributed by atoms with van der Waals surface area (Å²) in [4.78, 5) is 0. The van der Waals surface area contributed by atoms with E-state index in [9.17, 15) is 0 Å². The zero-order chi connectivity index (χ0) is 9.90. The second kappa shape index (κ2) is 4.48. The number of hydrogen-bond donors (Lipinski definition) is 0. The lowest BCUT2D eigenvalue weighted by Gasteiger charge is -2.22. The molecule has 0 aromatic heterocycles. The highest BCUT2D eigenvalue weighted by Gasteiger charge is 2.38. The Hall–Kier alpha value is 0. The lowest BCUT2D eigenvalue weighted by molar-refractivity contribution is 0.294. The Morgan fingerprint density at radius 3 is 2.38 bits per heavy atom. The van der Waals surface area contributed by atoms with Crippen LogP contribution in [0.3, 0.4) is 0 Å². The average Bonchev–Trinajstić information content (AvgIpc) is 2.79. The van der Waals surface area contributed by atoms with Gasteiger partial charge >= 0.3 is 0 Å². The average molecular weight is 182 g/mol. The Morgan fingerprint density at radius 1 is 1.15 bits per heavy atom. The molecule has 1 fully saturated rings. The first kappa shape index (κ1) is 11.1. The SMILES string of the molecule is CCCCC1CC1CC(C)(C)CC. The summed E-state index contributed by atoms with van der Waals surface area (Å²) in [5.41, 5.74) is 0.603. The minimum atomic E-state index is 0.603. The Kier molecular flexibility index (Phi) is 3.82. The van der Waals surface area contributed by atoms with Gasteiger partial charge in [-0.25, -0.2) is 0 Å². The molecule has 0 N–H and O–H groups in total. The van der Waals surface area contributed by atoms with Crippen LogP contribution in [0, 0.1) is 17.3 Å². The van der Waals surface area contributed by atoms with E-state index in [0.29, 0.717) is 5.41 Å². The highest BCUT2D eigenvalue weighted by molar-refractivity contribution is 4.89. The first-order chi connectivity index (χ1) is 6.09. The van der Waals surface area contributed by atoms with Crippen molar-refractivity contribution in [1.82, 2.24) is 0 Å². The fraction of sp³-hybridized carbons (Fsp3) is 1.00. The standard InChI is InChI=1S/C13H26/c1-5-7-8-11-9-12(11)10-13(3,4)6-2/h11-12H,5-10H2,1-4H3. The lowest BCUT2D eigenvalue weighted by atomic mass is 9.84. The van der Waals surface area contributed by atoms with E-state index >= 15 is 0 Å². The molecule has 0 aromatic carbocycles. The first-order valence-corrected chi connectivity index (χ1v) is 6.09. The summed E-state index contributed by atoms with van der Waals surface area (Å²) in [7, 11) is 0. The Labute approximate surface area is 84.1 Å². The van der Waals surface area contributed by atoms with Crippen molar-refractivity contribution in [2.24, 2.45) is 17.3 Å². The van der Waals surface area contributed by atoms with Crippen molar-refractivity contribution in [3.63, 3.8) is 0 Å². The van der Waals surface area contributed by atoms with Crippen LogP contribution < -0.4 is 0 Å². The van der Waals surface area contributed by atoms with E-state index < -0.39 is 0 Å². The van der Waals surface area contributed by atoms with Crippen molar-refractivity contribution in [2.75, 3.05) is 0 Å². The molecule has 0 aromatic rings. The van der Waals surface area contributed by atoms with Gasteiger partial charge in [0, 0.05) is 0 Å². The highest BCUT2D eigenvalue weighted by Crippen LogP contribution is 2.49. The zero-order valence-electron chi connectivity index (χ0n) is 9.90.